The summed E-state index contributed by atoms with van der Waals surface area (Å²) in [5.74, 6) is -0.978. The molecule has 10 heteroatoms. The molecule has 1 aromatic carbocycles. The fourth-order valence-corrected chi connectivity index (χ4v) is 1.90. The molecule has 1 aromatic rings. The molecule has 1 N–H and O–H groups in total. The van der Waals surface area contributed by atoms with Crippen LogP contribution in [0.1, 0.15) is 0 Å². The molecule has 0 spiro atoms. The van der Waals surface area contributed by atoms with E-state index in [4.69, 9.17) is 0 Å². The van der Waals surface area contributed by atoms with Crippen molar-refractivity contribution in [2.75, 3.05) is 25.2 Å². The smallest absolute Gasteiger partial charge is 0.395 e. The zero-order chi connectivity index (χ0) is 15.8. The first-order valence-electron chi connectivity index (χ1n) is 5.68. The van der Waals surface area contributed by atoms with E-state index in [1.807, 2.05) is 0 Å². The highest BCUT2D eigenvalue weighted by Gasteiger charge is 2.43. The predicted molar refractivity (Wildman–Crippen MR) is 68.7 cm³/mol. The lowest BCUT2D eigenvalue weighted by Gasteiger charge is -2.13. The predicted octanol–water partition coefficient (Wildman–Crippen LogP) is 0.838. The maximum absolute atomic E-state index is 12.8. The average Bonchev–Trinajstić information content (AvgIpc) is 2.60. The van der Waals surface area contributed by atoms with E-state index in [1.54, 1.807) is 0 Å². The second-order valence-electron chi connectivity index (χ2n) is 4.40. The maximum atomic E-state index is 12.8. The van der Waals surface area contributed by atoms with E-state index in [0.29, 0.717) is 0 Å². The molecule has 1 aliphatic rings. The molecule has 116 valence electrons. The number of benzene rings is 1. The molecule has 0 bridgehead atoms. The fourth-order valence-electron chi connectivity index (χ4n) is 1.55. The van der Waals surface area contributed by atoms with Gasteiger partial charge in [-0.15, -0.1) is 8.78 Å². The first-order chi connectivity index (χ1) is 9.57. The van der Waals surface area contributed by atoms with Gasteiger partial charge >= 0.3 is 6.29 Å². The van der Waals surface area contributed by atoms with Crippen LogP contribution in [-0.2, 0) is 14.8 Å². The average molecular weight is 322 g/mol. The number of hydrogen-bond donors (Lipinski definition) is 1. The minimum Gasteiger partial charge on any atom is -0.395 e. The number of carbonyl (C=O) groups is 1. The maximum Gasteiger partial charge on any atom is 0.586 e. The molecule has 7 nitrogen and oxygen atoms in total. The van der Waals surface area contributed by atoms with Crippen molar-refractivity contribution in [3.63, 3.8) is 0 Å². The number of nitrogens with zero attached hydrogens (tertiary/aromatic N) is 1. The van der Waals surface area contributed by atoms with Crippen molar-refractivity contribution in [1.82, 2.24) is 4.31 Å². The van der Waals surface area contributed by atoms with Gasteiger partial charge in [0.05, 0.1) is 12.8 Å². The summed E-state index contributed by atoms with van der Waals surface area (Å²) in [5, 5.41) is 2.38. The van der Waals surface area contributed by atoms with Crippen LogP contribution in [0.15, 0.2) is 18.2 Å². The molecule has 0 aromatic heterocycles. The van der Waals surface area contributed by atoms with Crippen LogP contribution in [0.25, 0.3) is 0 Å². The van der Waals surface area contributed by atoms with Crippen molar-refractivity contribution in [1.29, 1.82) is 0 Å². The quantitative estimate of drug-likeness (QED) is 0.888. The van der Waals surface area contributed by atoms with Crippen molar-refractivity contribution in [2.45, 2.75) is 6.29 Å². The van der Waals surface area contributed by atoms with Crippen LogP contribution in [0.4, 0.5) is 14.5 Å². The molecule has 0 aliphatic carbocycles. The van der Waals surface area contributed by atoms with Crippen LogP contribution >= 0.6 is 0 Å². The topological polar surface area (TPSA) is 84.9 Å². The Bertz CT molecular complexity index is 677. The van der Waals surface area contributed by atoms with Gasteiger partial charge in [-0.25, -0.2) is 8.42 Å². The van der Waals surface area contributed by atoms with Crippen molar-refractivity contribution in [3.05, 3.63) is 18.2 Å². The Morgan fingerprint density at radius 3 is 2.57 bits per heavy atom. The number of nitrogens with one attached hydrogen (secondary N) is 1. The summed E-state index contributed by atoms with van der Waals surface area (Å²) in [6, 6.07) is 3.71. The van der Waals surface area contributed by atoms with Crippen LogP contribution in [0.3, 0.4) is 0 Å². The second-order valence-corrected chi connectivity index (χ2v) is 6.49. The van der Waals surface area contributed by atoms with Crippen molar-refractivity contribution < 1.29 is 31.5 Å². The number of hydrogen-bond acceptors (Lipinski definition) is 5. The van der Waals surface area contributed by atoms with Crippen LogP contribution in [0.2, 0.25) is 0 Å². The fraction of sp³-hybridized carbons (Fsp3) is 0.364. The second kappa shape index (κ2) is 5.11. The standard InChI is InChI=1S/C11H12F2N2O5S/c1-15(21(2,17)18)6-10(16)14-7-3-4-8-9(5-7)20-11(12,13)19-8/h3-5H,6H2,1-2H3,(H,14,16). The molecule has 0 saturated heterocycles. The summed E-state index contributed by atoms with van der Waals surface area (Å²) in [6.45, 7) is -0.399. The third-order valence-electron chi connectivity index (χ3n) is 2.62. The van der Waals surface area contributed by atoms with E-state index in [9.17, 15) is 22.0 Å². The molecule has 1 aliphatic heterocycles. The zero-order valence-corrected chi connectivity index (χ0v) is 11.9. The molecule has 1 heterocycles. The lowest BCUT2D eigenvalue weighted by molar-refractivity contribution is -0.286. The van der Waals surface area contributed by atoms with Crippen molar-refractivity contribution >= 4 is 21.6 Å². The van der Waals surface area contributed by atoms with Crippen molar-refractivity contribution in [2.24, 2.45) is 0 Å². The zero-order valence-electron chi connectivity index (χ0n) is 11.1. The van der Waals surface area contributed by atoms with Gasteiger partial charge in [-0.05, 0) is 12.1 Å². The SMILES string of the molecule is CN(CC(=O)Nc1ccc2c(c1)OC(F)(F)O2)S(C)(=O)=O. The summed E-state index contributed by atoms with van der Waals surface area (Å²) in [6.07, 6.45) is -2.77. The number of likely N-dealkylation sites (N-methyl/N-ethyl adjacent to an activating group) is 1. The molecule has 1 amide bonds. The number of alkyl halides is 2. The normalized spacial score (nSPS) is 16.0. The Morgan fingerprint density at radius 2 is 1.95 bits per heavy atom. The van der Waals surface area contributed by atoms with Gasteiger partial charge in [0.1, 0.15) is 0 Å². The Hall–Kier alpha value is -1.94. The Balaban J connectivity index is 2.04. The molecular formula is C11H12F2N2O5S. The number of anilines is 1. The largest absolute Gasteiger partial charge is 0.586 e. The van der Waals surface area contributed by atoms with Gasteiger partial charge in [0.15, 0.2) is 11.5 Å². The molecule has 0 radical (unpaired) electrons. The Kier molecular flexibility index (Phi) is 3.76. The van der Waals surface area contributed by atoms with E-state index in [1.165, 1.54) is 19.2 Å². The van der Waals surface area contributed by atoms with Crippen LogP contribution in [-0.4, -0.2) is 44.8 Å². The summed E-state index contributed by atoms with van der Waals surface area (Å²) < 4.78 is 57.3. The minimum atomic E-state index is -3.73. The van der Waals surface area contributed by atoms with Gasteiger partial charge < -0.3 is 14.8 Å². The molecular weight excluding hydrogens is 310 g/mol. The number of ether oxygens (including phenoxy) is 2. The highest BCUT2D eigenvalue weighted by molar-refractivity contribution is 7.88. The van der Waals surface area contributed by atoms with Crippen LogP contribution in [0.5, 0.6) is 11.5 Å². The first kappa shape index (κ1) is 15.4. The van der Waals surface area contributed by atoms with E-state index in [2.05, 4.69) is 14.8 Å². The van der Waals surface area contributed by atoms with E-state index < -0.39 is 28.8 Å². The number of halogens is 2. The molecule has 21 heavy (non-hydrogen) atoms. The van der Waals surface area contributed by atoms with Crippen molar-refractivity contribution in [3.8, 4) is 11.5 Å². The highest BCUT2D eigenvalue weighted by atomic mass is 32.2. The van der Waals surface area contributed by atoms with Gasteiger partial charge in [0, 0.05) is 18.8 Å². The summed E-state index contributed by atoms with van der Waals surface area (Å²) >= 11 is 0. The van der Waals surface area contributed by atoms with Crippen LogP contribution in [0, 0.1) is 0 Å². The molecule has 0 atom stereocenters. The van der Waals surface area contributed by atoms with Crippen LogP contribution < -0.4 is 14.8 Å². The van der Waals surface area contributed by atoms with E-state index in [-0.39, 0.29) is 17.2 Å². The van der Waals surface area contributed by atoms with E-state index in [0.717, 1.165) is 16.6 Å². The lowest BCUT2D eigenvalue weighted by atomic mass is 10.3. The summed E-state index contributed by atoms with van der Waals surface area (Å²) in [7, 11) is -2.24. The van der Waals surface area contributed by atoms with Gasteiger partial charge in [-0.2, -0.15) is 4.31 Å². The number of rotatable bonds is 4. The third kappa shape index (κ3) is 3.79. The lowest BCUT2D eigenvalue weighted by Crippen LogP contribution is -2.34. The summed E-state index contributed by atoms with van der Waals surface area (Å²) in [4.78, 5) is 11.7. The molecule has 2 rings (SSSR count). The first-order valence-corrected chi connectivity index (χ1v) is 7.53. The number of sulfonamides is 1. The van der Waals surface area contributed by atoms with Gasteiger partial charge in [0.25, 0.3) is 0 Å². The Labute approximate surface area is 119 Å². The third-order valence-corrected chi connectivity index (χ3v) is 3.88. The summed E-state index contributed by atoms with van der Waals surface area (Å²) in [5.41, 5.74) is 0.182. The molecule has 0 unspecified atom stereocenters. The van der Waals surface area contributed by atoms with Gasteiger partial charge in [-0.1, -0.05) is 0 Å². The molecule has 0 fully saturated rings. The van der Waals surface area contributed by atoms with Gasteiger partial charge in [0.2, 0.25) is 15.9 Å². The number of fused-ring (bicyclic) bond motifs is 1. The van der Waals surface area contributed by atoms with Gasteiger partial charge in [-0.3, -0.25) is 4.79 Å². The number of carbonyl (C=O) groups excluding carboxylic acids is 1. The Morgan fingerprint density at radius 1 is 1.33 bits per heavy atom. The number of amides is 1. The minimum absolute atomic E-state index is 0.147. The van der Waals surface area contributed by atoms with E-state index >= 15 is 0 Å². The highest BCUT2D eigenvalue weighted by Crippen LogP contribution is 2.42. The monoisotopic (exact) mass is 322 g/mol. The molecule has 0 saturated carbocycles.